The minimum Gasteiger partial charge on any atom is -0.306 e. The SMILES string of the molecule is C=C(C)CN(C)CCn1cc(CNC(C)(C)C)nn1. The first kappa shape index (κ1) is 15.9. The van der Waals surface area contributed by atoms with Crippen molar-refractivity contribution < 1.29 is 0 Å². The monoisotopic (exact) mass is 265 g/mol. The third kappa shape index (κ3) is 7.08. The van der Waals surface area contributed by atoms with Gasteiger partial charge in [-0.25, -0.2) is 0 Å². The smallest absolute Gasteiger partial charge is 0.0965 e. The van der Waals surface area contributed by atoms with E-state index >= 15 is 0 Å². The van der Waals surface area contributed by atoms with Gasteiger partial charge in [-0.15, -0.1) is 5.10 Å². The Morgan fingerprint density at radius 1 is 1.47 bits per heavy atom. The molecular formula is C14H27N5. The fraction of sp³-hybridized carbons (Fsp3) is 0.714. The molecule has 108 valence electrons. The molecule has 1 aromatic rings. The maximum atomic E-state index is 4.17. The number of aromatic nitrogens is 3. The lowest BCUT2D eigenvalue weighted by Crippen LogP contribution is -2.35. The van der Waals surface area contributed by atoms with Crippen molar-refractivity contribution in [2.75, 3.05) is 20.1 Å². The highest BCUT2D eigenvalue weighted by molar-refractivity contribution is 4.93. The van der Waals surface area contributed by atoms with Crippen LogP contribution < -0.4 is 5.32 Å². The Balaban J connectivity index is 2.36. The van der Waals surface area contributed by atoms with E-state index in [4.69, 9.17) is 0 Å². The summed E-state index contributed by atoms with van der Waals surface area (Å²) in [5.41, 5.74) is 2.26. The number of hydrogen-bond acceptors (Lipinski definition) is 4. The van der Waals surface area contributed by atoms with Crippen LogP contribution in [0.1, 0.15) is 33.4 Å². The molecule has 0 fully saturated rings. The molecule has 0 aliphatic carbocycles. The van der Waals surface area contributed by atoms with Crippen molar-refractivity contribution >= 4 is 0 Å². The summed E-state index contributed by atoms with van der Waals surface area (Å²) in [7, 11) is 2.09. The third-order valence-corrected chi connectivity index (χ3v) is 2.64. The second-order valence-electron chi connectivity index (χ2n) is 6.27. The highest BCUT2D eigenvalue weighted by Crippen LogP contribution is 2.02. The zero-order chi connectivity index (χ0) is 14.5. The fourth-order valence-electron chi connectivity index (χ4n) is 1.70. The molecule has 0 bridgehead atoms. The molecule has 0 amide bonds. The van der Waals surface area contributed by atoms with Crippen LogP contribution in [0.3, 0.4) is 0 Å². The molecule has 5 nitrogen and oxygen atoms in total. The Hall–Kier alpha value is -1.20. The maximum absolute atomic E-state index is 4.17. The van der Waals surface area contributed by atoms with Crippen molar-refractivity contribution in [3.05, 3.63) is 24.0 Å². The number of nitrogens with one attached hydrogen (secondary N) is 1. The van der Waals surface area contributed by atoms with Gasteiger partial charge in [0.1, 0.15) is 0 Å². The molecule has 0 aliphatic heterocycles. The fourth-order valence-corrected chi connectivity index (χ4v) is 1.70. The standard InChI is InChI=1S/C14H27N5/c1-12(2)10-18(6)7-8-19-11-13(16-17-19)9-15-14(3,4)5/h11,15H,1,7-10H2,2-6H3. The van der Waals surface area contributed by atoms with E-state index in [-0.39, 0.29) is 5.54 Å². The second-order valence-corrected chi connectivity index (χ2v) is 6.27. The van der Waals surface area contributed by atoms with E-state index in [2.05, 4.69) is 54.9 Å². The average molecular weight is 265 g/mol. The van der Waals surface area contributed by atoms with Gasteiger partial charge in [0, 0.05) is 31.4 Å². The first-order valence-corrected chi connectivity index (χ1v) is 6.73. The Labute approximate surface area is 116 Å². The molecule has 0 aromatic carbocycles. The first-order valence-electron chi connectivity index (χ1n) is 6.73. The lowest BCUT2D eigenvalue weighted by Gasteiger charge is -2.19. The highest BCUT2D eigenvalue weighted by Gasteiger charge is 2.10. The van der Waals surface area contributed by atoms with Gasteiger partial charge >= 0.3 is 0 Å². The molecule has 0 radical (unpaired) electrons. The van der Waals surface area contributed by atoms with Crippen LogP contribution in [-0.2, 0) is 13.1 Å². The Morgan fingerprint density at radius 2 is 2.16 bits per heavy atom. The van der Waals surface area contributed by atoms with Crippen LogP contribution in [0.25, 0.3) is 0 Å². The molecule has 19 heavy (non-hydrogen) atoms. The molecular weight excluding hydrogens is 238 g/mol. The minimum atomic E-state index is 0.103. The molecule has 0 aliphatic rings. The van der Waals surface area contributed by atoms with E-state index < -0.39 is 0 Å². The van der Waals surface area contributed by atoms with E-state index in [0.717, 1.165) is 31.9 Å². The molecule has 1 rings (SSSR count). The zero-order valence-corrected chi connectivity index (χ0v) is 12.9. The summed E-state index contributed by atoms with van der Waals surface area (Å²) in [5.74, 6) is 0. The van der Waals surface area contributed by atoms with Crippen molar-refractivity contribution in [3.8, 4) is 0 Å². The van der Waals surface area contributed by atoms with Gasteiger partial charge in [-0.3, -0.25) is 4.68 Å². The Morgan fingerprint density at radius 3 is 2.74 bits per heavy atom. The average Bonchev–Trinajstić information content (AvgIpc) is 2.69. The molecule has 5 heteroatoms. The van der Waals surface area contributed by atoms with Crippen LogP contribution in [0, 0.1) is 0 Å². The number of likely N-dealkylation sites (N-methyl/N-ethyl adjacent to an activating group) is 1. The molecule has 1 aromatic heterocycles. The predicted octanol–water partition coefficient (Wildman–Crippen LogP) is 1.67. The number of nitrogens with zero attached hydrogens (tertiary/aromatic N) is 4. The third-order valence-electron chi connectivity index (χ3n) is 2.64. The van der Waals surface area contributed by atoms with Crippen molar-refractivity contribution in [1.82, 2.24) is 25.2 Å². The van der Waals surface area contributed by atoms with Crippen LogP contribution in [-0.4, -0.2) is 45.6 Å². The molecule has 0 atom stereocenters. The maximum Gasteiger partial charge on any atom is 0.0965 e. The molecule has 0 spiro atoms. The van der Waals surface area contributed by atoms with Gasteiger partial charge in [0.2, 0.25) is 0 Å². The molecule has 1 heterocycles. The molecule has 0 saturated carbocycles. The second kappa shape index (κ2) is 6.82. The van der Waals surface area contributed by atoms with Gasteiger partial charge in [0.15, 0.2) is 0 Å². The van der Waals surface area contributed by atoms with E-state index in [1.807, 2.05) is 17.8 Å². The van der Waals surface area contributed by atoms with Crippen LogP contribution in [0.15, 0.2) is 18.3 Å². The van der Waals surface area contributed by atoms with Gasteiger partial charge in [-0.1, -0.05) is 17.4 Å². The summed E-state index contributed by atoms with van der Waals surface area (Å²) in [4.78, 5) is 2.23. The summed E-state index contributed by atoms with van der Waals surface area (Å²) in [6.07, 6.45) is 2.01. The van der Waals surface area contributed by atoms with Crippen LogP contribution in [0.2, 0.25) is 0 Å². The van der Waals surface area contributed by atoms with Crippen molar-refractivity contribution in [3.63, 3.8) is 0 Å². The zero-order valence-electron chi connectivity index (χ0n) is 12.9. The summed E-state index contributed by atoms with van der Waals surface area (Å²) in [6, 6.07) is 0. The Bertz CT molecular complexity index is 402. The Kier molecular flexibility index (Phi) is 5.69. The quantitative estimate of drug-likeness (QED) is 0.762. The van der Waals surface area contributed by atoms with E-state index in [9.17, 15) is 0 Å². The van der Waals surface area contributed by atoms with Gasteiger partial charge < -0.3 is 10.2 Å². The largest absolute Gasteiger partial charge is 0.306 e. The van der Waals surface area contributed by atoms with Crippen LogP contribution >= 0.6 is 0 Å². The molecule has 0 saturated heterocycles. The summed E-state index contributed by atoms with van der Waals surface area (Å²) in [5, 5.41) is 11.7. The van der Waals surface area contributed by atoms with Crippen molar-refractivity contribution in [1.29, 1.82) is 0 Å². The van der Waals surface area contributed by atoms with E-state index in [0.29, 0.717) is 0 Å². The van der Waals surface area contributed by atoms with Crippen LogP contribution in [0.5, 0.6) is 0 Å². The van der Waals surface area contributed by atoms with Gasteiger partial charge in [-0.2, -0.15) is 0 Å². The lowest BCUT2D eigenvalue weighted by molar-refractivity contribution is 0.334. The highest BCUT2D eigenvalue weighted by atomic mass is 15.4. The number of rotatable bonds is 7. The van der Waals surface area contributed by atoms with Gasteiger partial charge in [0.25, 0.3) is 0 Å². The van der Waals surface area contributed by atoms with E-state index in [1.165, 1.54) is 5.57 Å². The summed E-state index contributed by atoms with van der Waals surface area (Å²) in [6.45, 7) is 15.9. The summed E-state index contributed by atoms with van der Waals surface area (Å²) < 4.78 is 1.90. The van der Waals surface area contributed by atoms with Crippen LogP contribution in [0.4, 0.5) is 0 Å². The molecule has 0 unspecified atom stereocenters. The first-order chi connectivity index (χ1) is 8.76. The van der Waals surface area contributed by atoms with Crippen molar-refractivity contribution in [2.24, 2.45) is 0 Å². The van der Waals surface area contributed by atoms with E-state index in [1.54, 1.807) is 0 Å². The van der Waals surface area contributed by atoms with Gasteiger partial charge in [0.05, 0.1) is 12.2 Å². The normalized spacial score (nSPS) is 12.1. The van der Waals surface area contributed by atoms with Crippen molar-refractivity contribution in [2.45, 2.75) is 46.3 Å². The number of hydrogen-bond donors (Lipinski definition) is 1. The topological polar surface area (TPSA) is 46.0 Å². The minimum absolute atomic E-state index is 0.103. The van der Waals surface area contributed by atoms with Gasteiger partial charge in [-0.05, 0) is 34.7 Å². The predicted molar refractivity (Wildman–Crippen MR) is 78.9 cm³/mol. The lowest BCUT2D eigenvalue weighted by atomic mass is 10.1. The molecule has 1 N–H and O–H groups in total. The summed E-state index contributed by atoms with van der Waals surface area (Å²) >= 11 is 0.